The van der Waals surface area contributed by atoms with Crippen molar-refractivity contribution in [1.29, 1.82) is 5.41 Å². The van der Waals surface area contributed by atoms with E-state index in [1.807, 2.05) is 38.1 Å². The molecule has 2 aromatic heterocycles. The first-order valence-electron chi connectivity index (χ1n) is 14.1. The molecule has 0 fully saturated rings. The van der Waals surface area contributed by atoms with Crippen molar-refractivity contribution in [2.24, 2.45) is 11.5 Å². The van der Waals surface area contributed by atoms with Crippen molar-refractivity contribution < 1.29 is 4.39 Å². The molecular formula is C31H37Cl2FN8O. The highest BCUT2D eigenvalue weighted by atomic mass is 35.5. The number of hydrogen-bond donors (Lipinski definition) is 6. The van der Waals surface area contributed by atoms with Crippen molar-refractivity contribution in [3.05, 3.63) is 92.7 Å². The van der Waals surface area contributed by atoms with Crippen LogP contribution in [-0.4, -0.2) is 39.1 Å². The number of rotatable bonds is 13. The van der Waals surface area contributed by atoms with Crippen molar-refractivity contribution in [2.45, 2.75) is 57.7 Å². The molecular weight excluding hydrogens is 590 g/mol. The van der Waals surface area contributed by atoms with Crippen LogP contribution in [0, 0.1) is 11.2 Å². The fourth-order valence-electron chi connectivity index (χ4n) is 4.94. The van der Waals surface area contributed by atoms with E-state index in [0.29, 0.717) is 40.9 Å². The highest BCUT2D eigenvalue weighted by molar-refractivity contribution is 6.31. The van der Waals surface area contributed by atoms with Gasteiger partial charge in [-0.1, -0.05) is 41.4 Å². The van der Waals surface area contributed by atoms with Crippen LogP contribution < -0.4 is 27.8 Å². The molecule has 4 aromatic rings. The lowest BCUT2D eigenvalue weighted by Gasteiger charge is -2.18. The van der Waals surface area contributed by atoms with Gasteiger partial charge in [0.05, 0.1) is 16.4 Å². The maximum Gasteiger partial charge on any atom is 0.354 e. The smallest absolute Gasteiger partial charge is 0.354 e. The molecule has 43 heavy (non-hydrogen) atoms. The Kier molecular flexibility index (Phi) is 11.0. The molecule has 228 valence electrons. The van der Waals surface area contributed by atoms with Crippen LogP contribution in [0.2, 0.25) is 5.02 Å². The minimum atomic E-state index is -0.529. The van der Waals surface area contributed by atoms with Crippen LogP contribution in [0.15, 0.2) is 65.1 Å². The van der Waals surface area contributed by atoms with E-state index in [2.05, 4.69) is 20.6 Å². The summed E-state index contributed by atoms with van der Waals surface area (Å²) >= 11 is 11.9. The minimum absolute atomic E-state index is 0.0350. The van der Waals surface area contributed by atoms with Crippen LogP contribution >= 0.6 is 23.2 Å². The number of H-pyrrole nitrogens is 1. The molecule has 0 spiro atoms. The predicted molar refractivity (Wildman–Crippen MR) is 174 cm³/mol. The molecule has 2 heterocycles. The Labute approximate surface area is 260 Å². The normalized spacial score (nSPS) is 13.8. The molecule has 0 saturated carbocycles. The number of aromatic amines is 1. The molecule has 8 N–H and O–H groups in total. The van der Waals surface area contributed by atoms with E-state index >= 15 is 4.39 Å². The number of nitrogens with one attached hydrogen (secondary N) is 4. The van der Waals surface area contributed by atoms with E-state index in [1.165, 1.54) is 10.1 Å². The molecule has 12 heteroatoms. The van der Waals surface area contributed by atoms with Crippen molar-refractivity contribution in [3.63, 3.8) is 0 Å². The molecule has 0 aliphatic carbocycles. The average molecular weight is 628 g/mol. The molecule has 0 aliphatic rings. The maximum absolute atomic E-state index is 15.1. The fourth-order valence-corrected chi connectivity index (χ4v) is 5.36. The monoisotopic (exact) mass is 626 g/mol. The van der Waals surface area contributed by atoms with Crippen molar-refractivity contribution in [1.82, 2.24) is 25.2 Å². The van der Waals surface area contributed by atoms with Gasteiger partial charge in [-0.05, 0) is 87.5 Å². The Bertz CT molecular complexity index is 1650. The lowest BCUT2D eigenvalue weighted by molar-refractivity contribution is 0.528. The summed E-state index contributed by atoms with van der Waals surface area (Å²) in [5.41, 5.74) is 16.0. The van der Waals surface area contributed by atoms with Gasteiger partial charge in [0.2, 0.25) is 0 Å². The molecule has 2 aromatic carbocycles. The number of fused-ring (bicyclic) bond motifs is 1. The highest BCUT2D eigenvalue weighted by Crippen LogP contribution is 2.31. The van der Waals surface area contributed by atoms with Crippen LogP contribution in [0.25, 0.3) is 28.0 Å². The molecule has 0 amide bonds. The zero-order chi connectivity index (χ0) is 31.1. The van der Waals surface area contributed by atoms with E-state index in [9.17, 15) is 4.79 Å². The summed E-state index contributed by atoms with van der Waals surface area (Å²) in [6.07, 6.45) is 6.57. The number of nitrogens with zero attached hydrogens (tertiary/aromatic N) is 2. The van der Waals surface area contributed by atoms with Crippen LogP contribution in [-0.2, 0) is 6.42 Å². The Balaban J connectivity index is 1.50. The standard InChI is InChI=1S/C31H37Cl2FN8O/c1-18(35)4-3-5-20-14-25(28(34)26(33)15-20)27-16-22-17-42(31(43)41-29(22)40-27)24-8-6-21(7-9-24)19(2)38-13-11-23(10-12-32)39-30(36)37/h6-10,12,14-19,23,38H,3-5,11,13,35H2,1-2H3,(H4,36,37,39)(H,40,41,43)/b12-10+/t18-,19-,23+/m0/s1. The Morgan fingerprint density at radius 2 is 1.95 bits per heavy atom. The van der Waals surface area contributed by atoms with E-state index in [1.54, 1.807) is 30.5 Å². The molecule has 0 aliphatic heterocycles. The van der Waals surface area contributed by atoms with E-state index in [4.69, 9.17) is 40.1 Å². The second-order valence-electron chi connectivity index (χ2n) is 10.7. The first kappa shape index (κ1) is 32.2. The van der Waals surface area contributed by atoms with Crippen LogP contribution in [0.5, 0.6) is 0 Å². The summed E-state index contributed by atoms with van der Waals surface area (Å²) in [4.78, 5) is 20.3. The van der Waals surface area contributed by atoms with Crippen molar-refractivity contribution in [3.8, 4) is 16.9 Å². The van der Waals surface area contributed by atoms with Gasteiger partial charge in [-0.15, -0.1) is 0 Å². The SMILES string of the molecule is C[C@H](N)CCCc1cc(Cl)c(F)c(-c2cc3cn(-c4ccc([C@H](C)NCC[C@@H](/C=C/Cl)NC(=N)N)cc4)c(=O)nc3[nH]2)c1. The van der Waals surface area contributed by atoms with Crippen molar-refractivity contribution >= 4 is 40.2 Å². The zero-order valence-electron chi connectivity index (χ0n) is 24.1. The van der Waals surface area contributed by atoms with Gasteiger partial charge in [-0.25, -0.2) is 9.18 Å². The third-order valence-corrected chi connectivity index (χ3v) is 7.65. The second kappa shape index (κ2) is 14.7. The molecule has 0 saturated heterocycles. The minimum Gasteiger partial charge on any atom is -0.370 e. The van der Waals surface area contributed by atoms with Crippen molar-refractivity contribution in [2.75, 3.05) is 6.54 Å². The number of aryl methyl sites for hydroxylation is 1. The van der Waals surface area contributed by atoms with Gasteiger partial charge >= 0.3 is 5.69 Å². The van der Waals surface area contributed by atoms with Gasteiger partial charge in [0, 0.05) is 40.8 Å². The first-order chi connectivity index (χ1) is 20.5. The Morgan fingerprint density at radius 1 is 1.21 bits per heavy atom. The third kappa shape index (κ3) is 8.45. The number of halogens is 3. The number of aromatic nitrogens is 3. The topological polar surface area (TPSA) is 151 Å². The highest BCUT2D eigenvalue weighted by Gasteiger charge is 2.16. The second-order valence-corrected chi connectivity index (χ2v) is 11.4. The number of nitrogens with two attached hydrogens (primary N) is 2. The zero-order valence-corrected chi connectivity index (χ0v) is 25.6. The summed E-state index contributed by atoms with van der Waals surface area (Å²) in [6.45, 7) is 4.66. The number of hydrogen-bond acceptors (Lipinski definition) is 5. The maximum atomic E-state index is 15.1. The van der Waals surface area contributed by atoms with E-state index in [-0.39, 0.29) is 29.1 Å². The van der Waals surface area contributed by atoms with Gasteiger partial charge in [-0.3, -0.25) is 9.98 Å². The average Bonchev–Trinajstić information content (AvgIpc) is 3.36. The third-order valence-electron chi connectivity index (χ3n) is 7.23. The van der Waals surface area contributed by atoms with Crippen LogP contribution in [0.1, 0.15) is 50.3 Å². The van der Waals surface area contributed by atoms with Gasteiger partial charge in [0.1, 0.15) is 5.65 Å². The Morgan fingerprint density at radius 3 is 2.63 bits per heavy atom. The van der Waals surface area contributed by atoms with Gasteiger partial charge in [0.25, 0.3) is 0 Å². The first-order valence-corrected chi connectivity index (χ1v) is 14.9. The summed E-state index contributed by atoms with van der Waals surface area (Å²) in [5, 5.41) is 14.4. The molecule has 9 nitrogen and oxygen atoms in total. The lowest BCUT2D eigenvalue weighted by Crippen LogP contribution is -2.39. The molecule has 0 bridgehead atoms. The fraction of sp³-hybridized carbons (Fsp3) is 0.323. The number of guanidine groups is 1. The molecule has 0 unspecified atom stereocenters. The summed E-state index contributed by atoms with van der Waals surface area (Å²) in [7, 11) is 0. The molecule has 3 atom stereocenters. The number of benzene rings is 2. The predicted octanol–water partition coefficient (Wildman–Crippen LogP) is 5.49. The summed E-state index contributed by atoms with van der Waals surface area (Å²) < 4.78 is 16.5. The van der Waals surface area contributed by atoms with Crippen LogP contribution in [0.3, 0.4) is 0 Å². The van der Waals surface area contributed by atoms with E-state index < -0.39 is 11.5 Å². The molecule has 4 rings (SSSR count). The van der Waals surface area contributed by atoms with Gasteiger partial charge < -0.3 is 27.1 Å². The quantitative estimate of drug-likeness (QED) is 0.0853. The molecule has 0 radical (unpaired) electrons. The largest absolute Gasteiger partial charge is 0.370 e. The van der Waals surface area contributed by atoms with Crippen LogP contribution in [0.4, 0.5) is 4.39 Å². The Hall–Kier alpha value is -3.70. The summed E-state index contributed by atoms with van der Waals surface area (Å²) in [6, 6.07) is 12.8. The van der Waals surface area contributed by atoms with Gasteiger partial charge in [0.15, 0.2) is 11.8 Å². The lowest BCUT2D eigenvalue weighted by atomic mass is 10.0. The van der Waals surface area contributed by atoms with Gasteiger partial charge in [-0.2, -0.15) is 4.98 Å². The van der Waals surface area contributed by atoms with E-state index in [0.717, 1.165) is 30.4 Å². The summed E-state index contributed by atoms with van der Waals surface area (Å²) in [5.74, 6) is -0.643.